The monoisotopic (exact) mass is 534 g/mol. The summed E-state index contributed by atoms with van der Waals surface area (Å²) in [4.78, 5) is 23.2. The number of carbonyl (C=O) groups excluding carboxylic acids is 2. The first kappa shape index (κ1) is 29.7. The van der Waals surface area contributed by atoms with Crippen molar-refractivity contribution in [2.75, 3.05) is 34.0 Å². The Hall–Kier alpha value is -3.88. The molecule has 0 aliphatic heterocycles. The molecule has 0 aliphatic carbocycles. The van der Waals surface area contributed by atoms with Crippen molar-refractivity contribution >= 4 is 11.9 Å². The average Bonchev–Trinajstić information content (AvgIpc) is 2.98. The number of carbonyl (C=O) groups is 2. The number of hydrogen-bond acceptors (Lipinski definition) is 7. The fourth-order valence-corrected chi connectivity index (χ4v) is 4.45. The molecule has 0 fully saturated rings. The SMILES string of the molecule is COc1ccc(C(OCC(CCCN)COC(=O)CCC(N)=O)(c2ccccc2)c2ccc(OC)cc2)cc1. The van der Waals surface area contributed by atoms with Crippen LogP contribution in [0, 0.1) is 5.92 Å². The Kier molecular flexibility index (Phi) is 11.3. The van der Waals surface area contributed by atoms with E-state index in [9.17, 15) is 9.59 Å². The Morgan fingerprint density at radius 1 is 0.769 bits per heavy atom. The molecule has 4 N–H and O–H groups in total. The first-order valence-corrected chi connectivity index (χ1v) is 13.1. The van der Waals surface area contributed by atoms with Crippen LogP contribution >= 0.6 is 0 Å². The molecule has 0 aliphatic rings. The van der Waals surface area contributed by atoms with Gasteiger partial charge in [-0.1, -0.05) is 54.6 Å². The van der Waals surface area contributed by atoms with E-state index in [1.807, 2.05) is 78.9 Å². The van der Waals surface area contributed by atoms with Crippen molar-refractivity contribution in [2.24, 2.45) is 17.4 Å². The molecular formula is C31H38N2O6. The Balaban J connectivity index is 2.00. The van der Waals surface area contributed by atoms with Gasteiger partial charge in [-0.15, -0.1) is 0 Å². The highest BCUT2D eigenvalue weighted by molar-refractivity contribution is 5.79. The fraction of sp³-hybridized carbons (Fsp3) is 0.355. The summed E-state index contributed by atoms with van der Waals surface area (Å²) in [5.41, 5.74) is 12.8. The number of primary amides is 1. The van der Waals surface area contributed by atoms with Crippen LogP contribution in [0.1, 0.15) is 42.4 Å². The summed E-state index contributed by atoms with van der Waals surface area (Å²) in [5.74, 6) is 0.344. The lowest BCUT2D eigenvalue weighted by Gasteiger charge is -2.37. The summed E-state index contributed by atoms with van der Waals surface area (Å²) < 4.78 is 23.2. The highest BCUT2D eigenvalue weighted by Gasteiger charge is 2.38. The molecule has 0 saturated carbocycles. The number of hydrogen-bond donors (Lipinski definition) is 2. The topological polar surface area (TPSA) is 123 Å². The molecule has 3 aromatic carbocycles. The van der Waals surface area contributed by atoms with Crippen molar-refractivity contribution in [1.82, 2.24) is 0 Å². The summed E-state index contributed by atoms with van der Waals surface area (Å²) >= 11 is 0. The van der Waals surface area contributed by atoms with Crippen LogP contribution in [-0.4, -0.2) is 45.9 Å². The molecule has 1 unspecified atom stereocenters. The van der Waals surface area contributed by atoms with Gasteiger partial charge in [0.05, 0.1) is 33.9 Å². The average molecular weight is 535 g/mol. The van der Waals surface area contributed by atoms with E-state index in [1.165, 1.54) is 0 Å². The zero-order valence-electron chi connectivity index (χ0n) is 22.6. The second kappa shape index (κ2) is 14.9. The lowest BCUT2D eigenvalue weighted by Crippen LogP contribution is -2.35. The van der Waals surface area contributed by atoms with Crippen LogP contribution in [0.25, 0.3) is 0 Å². The van der Waals surface area contributed by atoms with E-state index in [0.29, 0.717) is 13.0 Å². The van der Waals surface area contributed by atoms with Gasteiger partial charge in [-0.2, -0.15) is 0 Å². The Morgan fingerprint density at radius 3 is 1.79 bits per heavy atom. The molecule has 39 heavy (non-hydrogen) atoms. The van der Waals surface area contributed by atoms with Crippen molar-refractivity contribution in [1.29, 1.82) is 0 Å². The maximum Gasteiger partial charge on any atom is 0.306 e. The van der Waals surface area contributed by atoms with Crippen LogP contribution in [0.3, 0.4) is 0 Å². The number of methoxy groups -OCH3 is 2. The molecule has 0 spiro atoms. The number of ether oxygens (including phenoxy) is 4. The summed E-state index contributed by atoms with van der Waals surface area (Å²) in [6, 6.07) is 25.6. The van der Waals surface area contributed by atoms with Crippen LogP contribution in [0.4, 0.5) is 0 Å². The van der Waals surface area contributed by atoms with Crippen LogP contribution < -0.4 is 20.9 Å². The van der Waals surface area contributed by atoms with E-state index in [2.05, 4.69) is 0 Å². The zero-order valence-corrected chi connectivity index (χ0v) is 22.6. The molecule has 8 heteroatoms. The van der Waals surface area contributed by atoms with Crippen LogP contribution in [0.15, 0.2) is 78.9 Å². The molecule has 0 radical (unpaired) electrons. The van der Waals surface area contributed by atoms with Crippen LogP contribution in [0.2, 0.25) is 0 Å². The second-order valence-corrected chi connectivity index (χ2v) is 9.26. The van der Waals surface area contributed by atoms with E-state index in [0.717, 1.165) is 34.6 Å². The first-order chi connectivity index (χ1) is 18.9. The third-order valence-corrected chi connectivity index (χ3v) is 6.58. The fourth-order valence-electron chi connectivity index (χ4n) is 4.45. The molecule has 1 atom stereocenters. The maximum atomic E-state index is 12.2. The molecule has 3 rings (SSSR count). The summed E-state index contributed by atoms with van der Waals surface area (Å²) in [7, 11) is 3.26. The van der Waals surface area contributed by atoms with Crippen molar-refractivity contribution in [3.63, 3.8) is 0 Å². The summed E-state index contributed by atoms with van der Waals surface area (Å²) in [5, 5.41) is 0. The van der Waals surface area contributed by atoms with E-state index in [4.69, 9.17) is 30.4 Å². The molecule has 3 aromatic rings. The highest BCUT2D eigenvalue weighted by Crippen LogP contribution is 2.42. The molecule has 0 heterocycles. The lowest BCUT2D eigenvalue weighted by molar-refractivity contribution is -0.147. The predicted octanol–water partition coefficient (Wildman–Crippen LogP) is 4.18. The van der Waals surface area contributed by atoms with Crippen molar-refractivity contribution in [2.45, 2.75) is 31.3 Å². The second-order valence-electron chi connectivity index (χ2n) is 9.26. The molecule has 1 amide bonds. The van der Waals surface area contributed by atoms with Gasteiger partial charge in [-0.05, 0) is 60.3 Å². The number of benzene rings is 3. The predicted molar refractivity (Wildman–Crippen MR) is 149 cm³/mol. The van der Waals surface area contributed by atoms with Gasteiger partial charge in [-0.3, -0.25) is 9.59 Å². The summed E-state index contributed by atoms with van der Waals surface area (Å²) in [6.07, 6.45) is 1.35. The van der Waals surface area contributed by atoms with E-state index >= 15 is 0 Å². The van der Waals surface area contributed by atoms with Gasteiger partial charge in [0.15, 0.2) is 0 Å². The van der Waals surface area contributed by atoms with Gasteiger partial charge in [-0.25, -0.2) is 0 Å². The van der Waals surface area contributed by atoms with Gasteiger partial charge in [0, 0.05) is 12.3 Å². The van der Waals surface area contributed by atoms with Crippen LogP contribution in [-0.2, 0) is 24.7 Å². The lowest BCUT2D eigenvalue weighted by atomic mass is 9.80. The Bertz CT molecular complexity index is 1120. The van der Waals surface area contributed by atoms with Gasteiger partial charge in [0.25, 0.3) is 0 Å². The smallest absolute Gasteiger partial charge is 0.306 e. The van der Waals surface area contributed by atoms with Gasteiger partial charge in [0.1, 0.15) is 17.1 Å². The molecular weight excluding hydrogens is 496 g/mol. The zero-order chi connectivity index (χ0) is 28.1. The number of esters is 1. The maximum absolute atomic E-state index is 12.2. The van der Waals surface area contributed by atoms with Gasteiger partial charge >= 0.3 is 5.97 Å². The molecule has 8 nitrogen and oxygen atoms in total. The molecule has 208 valence electrons. The first-order valence-electron chi connectivity index (χ1n) is 13.1. The third-order valence-electron chi connectivity index (χ3n) is 6.58. The largest absolute Gasteiger partial charge is 0.497 e. The minimum Gasteiger partial charge on any atom is -0.497 e. The third kappa shape index (κ3) is 8.05. The normalized spacial score (nSPS) is 12.0. The molecule has 0 aromatic heterocycles. The van der Waals surface area contributed by atoms with Crippen LogP contribution in [0.5, 0.6) is 11.5 Å². The minimum atomic E-state index is -0.975. The molecule has 0 saturated heterocycles. The Labute approximate surface area is 230 Å². The number of nitrogens with two attached hydrogens (primary N) is 2. The van der Waals surface area contributed by atoms with E-state index in [-0.39, 0.29) is 32.0 Å². The molecule has 0 bridgehead atoms. The van der Waals surface area contributed by atoms with Crippen molar-refractivity contribution in [3.05, 3.63) is 95.6 Å². The van der Waals surface area contributed by atoms with E-state index < -0.39 is 17.5 Å². The van der Waals surface area contributed by atoms with Crippen molar-refractivity contribution < 1.29 is 28.5 Å². The Morgan fingerprint density at radius 2 is 1.31 bits per heavy atom. The van der Waals surface area contributed by atoms with E-state index in [1.54, 1.807) is 14.2 Å². The van der Waals surface area contributed by atoms with Gasteiger partial charge in [0.2, 0.25) is 5.91 Å². The highest BCUT2D eigenvalue weighted by atomic mass is 16.5. The summed E-state index contributed by atoms with van der Waals surface area (Å²) in [6.45, 7) is 0.941. The van der Waals surface area contributed by atoms with Crippen molar-refractivity contribution in [3.8, 4) is 11.5 Å². The number of amides is 1. The number of rotatable bonds is 16. The quantitative estimate of drug-likeness (QED) is 0.209. The van der Waals surface area contributed by atoms with Gasteiger partial charge < -0.3 is 30.4 Å². The minimum absolute atomic E-state index is 0.0468. The standard InChI is InChI=1S/C31H38N2O6/c1-36-27-14-10-25(11-15-27)31(24-8-4-3-5-9-24,26-12-16-28(37-2)17-13-26)39-22-23(7-6-20-32)21-38-30(35)19-18-29(33)34/h3-5,8-17,23H,6-7,18-22,32H2,1-2H3,(H2,33,34).